The zero-order valence-corrected chi connectivity index (χ0v) is 10.2. The lowest BCUT2D eigenvalue weighted by Crippen LogP contribution is -2.34. The standard InChI is InChI=1S/C14H17F2NO/c1-2-3-4-8-11-14(15,16)13(18)17-12-9-6-5-7-10-12/h2,5-7,9-10H,1,3-4,8,11H2,(H,17,18). The molecule has 1 rings (SSSR count). The number of anilines is 1. The molecule has 0 aromatic heterocycles. The molecule has 1 N–H and O–H groups in total. The molecule has 0 saturated heterocycles. The number of hydrogen-bond acceptors (Lipinski definition) is 1. The summed E-state index contributed by atoms with van der Waals surface area (Å²) in [5, 5.41) is 2.21. The van der Waals surface area contributed by atoms with E-state index in [4.69, 9.17) is 0 Å². The maximum atomic E-state index is 13.5. The van der Waals surface area contributed by atoms with Gasteiger partial charge < -0.3 is 5.32 Å². The lowest BCUT2D eigenvalue weighted by Gasteiger charge is -2.15. The third kappa shape index (κ3) is 4.65. The number of hydrogen-bond donors (Lipinski definition) is 1. The van der Waals surface area contributed by atoms with Crippen LogP contribution in [0.1, 0.15) is 25.7 Å². The van der Waals surface area contributed by atoms with Gasteiger partial charge in [-0.05, 0) is 31.4 Å². The normalized spacial score (nSPS) is 11.0. The molecule has 2 nitrogen and oxygen atoms in total. The van der Waals surface area contributed by atoms with E-state index < -0.39 is 18.3 Å². The van der Waals surface area contributed by atoms with Crippen molar-refractivity contribution in [2.75, 3.05) is 5.32 Å². The van der Waals surface area contributed by atoms with Crippen molar-refractivity contribution < 1.29 is 13.6 Å². The average molecular weight is 253 g/mol. The first kappa shape index (κ1) is 14.4. The molecule has 0 radical (unpaired) electrons. The van der Waals surface area contributed by atoms with Crippen LogP contribution in [-0.2, 0) is 4.79 Å². The first-order chi connectivity index (χ1) is 8.56. The Morgan fingerprint density at radius 3 is 2.56 bits per heavy atom. The van der Waals surface area contributed by atoms with E-state index in [1.807, 2.05) is 0 Å². The number of benzene rings is 1. The molecule has 0 heterocycles. The van der Waals surface area contributed by atoms with E-state index in [1.54, 1.807) is 36.4 Å². The summed E-state index contributed by atoms with van der Waals surface area (Å²) < 4.78 is 27.0. The zero-order chi connectivity index (χ0) is 13.4. The summed E-state index contributed by atoms with van der Waals surface area (Å²) >= 11 is 0. The van der Waals surface area contributed by atoms with Crippen LogP contribution in [0.3, 0.4) is 0 Å². The number of alkyl halides is 2. The molecule has 0 fully saturated rings. The van der Waals surface area contributed by atoms with Gasteiger partial charge in [-0.3, -0.25) is 4.79 Å². The van der Waals surface area contributed by atoms with Crippen molar-refractivity contribution in [1.82, 2.24) is 0 Å². The summed E-state index contributed by atoms with van der Waals surface area (Å²) in [4.78, 5) is 11.4. The maximum Gasteiger partial charge on any atom is 0.324 e. The van der Waals surface area contributed by atoms with Crippen LogP contribution in [0.25, 0.3) is 0 Å². The Balaban J connectivity index is 2.46. The minimum atomic E-state index is -3.32. The molecule has 0 atom stereocenters. The van der Waals surface area contributed by atoms with Gasteiger partial charge in [0.25, 0.3) is 5.91 Å². The molecule has 4 heteroatoms. The van der Waals surface area contributed by atoms with Gasteiger partial charge in [0, 0.05) is 12.1 Å². The first-order valence-electron chi connectivity index (χ1n) is 5.91. The number of para-hydroxylation sites is 1. The number of nitrogens with one attached hydrogen (secondary N) is 1. The Morgan fingerprint density at radius 2 is 1.94 bits per heavy atom. The fourth-order valence-corrected chi connectivity index (χ4v) is 1.49. The van der Waals surface area contributed by atoms with Crippen LogP contribution in [-0.4, -0.2) is 11.8 Å². The monoisotopic (exact) mass is 253 g/mol. The quantitative estimate of drug-likeness (QED) is 0.577. The van der Waals surface area contributed by atoms with Gasteiger partial charge in [0.2, 0.25) is 0 Å². The van der Waals surface area contributed by atoms with Crippen molar-refractivity contribution >= 4 is 11.6 Å². The number of halogens is 2. The van der Waals surface area contributed by atoms with E-state index in [0.29, 0.717) is 24.9 Å². The molecule has 0 saturated carbocycles. The van der Waals surface area contributed by atoms with Crippen LogP contribution in [0.4, 0.5) is 14.5 Å². The van der Waals surface area contributed by atoms with Crippen molar-refractivity contribution in [2.45, 2.75) is 31.6 Å². The Hall–Kier alpha value is -1.71. The molecule has 1 amide bonds. The van der Waals surface area contributed by atoms with Crippen LogP contribution in [0, 0.1) is 0 Å². The summed E-state index contributed by atoms with van der Waals surface area (Å²) in [6, 6.07) is 8.26. The molecule has 1 aromatic carbocycles. The smallest absolute Gasteiger partial charge is 0.321 e. The number of rotatable bonds is 7. The fourth-order valence-electron chi connectivity index (χ4n) is 1.49. The van der Waals surface area contributed by atoms with Crippen LogP contribution in [0.15, 0.2) is 43.0 Å². The number of allylic oxidation sites excluding steroid dienone is 1. The van der Waals surface area contributed by atoms with Gasteiger partial charge in [-0.1, -0.05) is 24.3 Å². The van der Waals surface area contributed by atoms with E-state index in [-0.39, 0.29) is 0 Å². The topological polar surface area (TPSA) is 29.1 Å². The van der Waals surface area contributed by atoms with Crippen LogP contribution in [0.5, 0.6) is 0 Å². The molecule has 0 aliphatic rings. The molecule has 98 valence electrons. The van der Waals surface area contributed by atoms with Gasteiger partial charge in [0.15, 0.2) is 0 Å². The minimum absolute atomic E-state index is 0.307. The first-order valence-corrected chi connectivity index (χ1v) is 5.91. The predicted molar refractivity (Wildman–Crippen MR) is 68.7 cm³/mol. The molecule has 18 heavy (non-hydrogen) atoms. The highest BCUT2D eigenvalue weighted by Gasteiger charge is 2.37. The van der Waals surface area contributed by atoms with Crippen LogP contribution >= 0.6 is 0 Å². The summed E-state index contributed by atoms with van der Waals surface area (Å²) in [6.45, 7) is 3.52. The van der Waals surface area contributed by atoms with Crippen LogP contribution < -0.4 is 5.32 Å². The lowest BCUT2D eigenvalue weighted by atomic mass is 10.1. The SMILES string of the molecule is C=CCCCCC(F)(F)C(=O)Nc1ccccc1. The molecule has 1 aromatic rings. The van der Waals surface area contributed by atoms with Gasteiger partial charge in [-0.25, -0.2) is 0 Å². The highest BCUT2D eigenvalue weighted by molar-refractivity contribution is 5.95. The molecular weight excluding hydrogens is 236 g/mol. The van der Waals surface area contributed by atoms with Gasteiger partial charge in [0.05, 0.1) is 0 Å². The highest BCUT2D eigenvalue weighted by atomic mass is 19.3. The average Bonchev–Trinajstić information content (AvgIpc) is 2.36. The van der Waals surface area contributed by atoms with Gasteiger partial charge in [-0.15, -0.1) is 6.58 Å². The van der Waals surface area contributed by atoms with E-state index in [2.05, 4.69) is 11.9 Å². The van der Waals surface area contributed by atoms with Gasteiger partial charge >= 0.3 is 5.92 Å². The second-order valence-corrected chi connectivity index (χ2v) is 4.06. The molecular formula is C14H17F2NO. The predicted octanol–water partition coefficient (Wildman–Crippen LogP) is 4.01. The van der Waals surface area contributed by atoms with Crippen molar-refractivity contribution in [2.24, 2.45) is 0 Å². The van der Waals surface area contributed by atoms with Gasteiger partial charge in [-0.2, -0.15) is 8.78 Å². The number of carbonyl (C=O) groups excluding carboxylic acids is 1. The second kappa shape index (κ2) is 6.89. The largest absolute Gasteiger partial charge is 0.324 e. The fraction of sp³-hybridized carbons (Fsp3) is 0.357. The van der Waals surface area contributed by atoms with E-state index >= 15 is 0 Å². The highest BCUT2D eigenvalue weighted by Crippen LogP contribution is 2.24. The number of amides is 1. The zero-order valence-electron chi connectivity index (χ0n) is 10.2. The summed E-state index contributed by atoms with van der Waals surface area (Å²) in [5.74, 6) is -4.57. The molecule has 0 aliphatic heterocycles. The van der Waals surface area contributed by atoms with Crippen molar-refractivity contribution in [3.63, 3.8) is 0 Å². The molecule has 0 spiro atoms. The van der Waals surface area contributed by atoms with Crippen molar-refractivity contribution in [3.8, 4) is 0 Å². The van der Waals surface area contributed by atoms with Crippen molar-refractivity contribution in [1.29, 1.82) is 0 Å². The van der Waals surface area contributed by atoms with E-state index in [1.165, 1.54) is 0 Å². The molecule has 0 bridgehead atoms. The summed E-state index contributed by atoms with van der Waals surface area (Å²) in [7, 11) is 0. The minimum Gasteiger partial charge on any atom is -0.321 e. The lowest BCUT2D eigenvalue weighted by molar-refractivity contribution is -0.140. The third-order valence-corrected chi connectivity index (χ3v) is 2.51. The maximum absolute atomic E-state index is 13.5. The van der Waals surface area contributed by atoms with Crippen molar-refractivity contribution in [3.05, 3.63) is 43.0 Å². The van der Waals surface area contributed by atoms with E-state index in [0.717, 1.165) is 0 Å². The Bertz CT molecular complexity index is 390. The van der Waals surface area contributed by atoms with Crippen LogP contribution in [0.2, 0.25) is 0 Å². The third-order valence-electron chi connectivity index (χ3n) is 2.51. The Labute approximate surface area is 106 Å². The number of unbranched alkanes of at least 4 members (excludes halogenated alkanes) is 2. The Morgan fingerprint density at radius 1 is 1.28 bits per heavy atom. The molecule has 0 aliphatic carbocycles. The Kier molecular flexibility index (Phi) is 5.49. The second-order valence-electron chi connectivity index (χ2n) is 4.06. The summed E-state index contributed by atoms with van der Waals surface area (Å²) in [6.07, 6.45) is 2.87. The van der Waals surface area contributed by atoms with Gasteiger partial charge in [0.1, 0.15) is 0 Å². The summed E-state index contributed by atoms with van der Waals surface area (Å²) in [5.41, 5.74) is 0.383. The number of carbonyl (C=O) groups is 1. The molecule has 0 unspecified atom stereocenters. The van der Waals surface area contributed by atoms with E-state index in [9.17, 15) is 13.6 Å².